The quantitative estimate of drug-likeness (QED) is 0.786. The smallest absolute Gasteiger partial charge is 0.243 e. The number of nitrogens with zero attached hydrogens (tertiary/aromatic N) is 2. The largest absolute Gasteiger partial charge is 0.304 e. The summed E-state index contributed by atoms with van der Waals surface area (Å²) in [6.45, 7) is 3.95. The molecule has 1 saturated heterocycles. The van der Waals surface area contributed by atoms with Crippen LogP contribution in [0.25, 0.3) is 0 Å². The minimum atomic E-state index is -3.71. The predicted octanol–water partition coefficient (Wildman–Crippen LogP) is 1.32. The summed E-state index contributed by atoms with van der Waals surface area (Å²) >= 11 is 0. The van der Waals surface area contributed by atoms with Crippen molar-refractivity contribution in [1.82, 2.24) is 13.9 Å². The van der Waals surface area contributed by atoms with Gasteiger partial charge >= 0.3 is 0 Å². The maximum atomic E-state index is 13.2. The zero-order chi connectivity index (χ0) is 20.1. The summed E-state index contributed by atoms with van der Waals surface area (Å²) in [5, 5.41) is 0. The fourth-order valence-electron chi connectivity index (χ4n) is 4.75. The van der Waals surface area contributed by atoms with Gasteiger partial charge in [0.05, 0.1) is 9.79 Å². The first-order chi connectivity index (χ1) is 13.2. The molecule has 0 radical (unpaired) electrons. The number of rotatable bonds is 3. The molecule has 2 heterocycles. The van der Waals surface area contributed by atoms with E-state index >= 15 is 0 Å². The molecule has 28 heavy (non-hydrogen) atoms. The average molecular weight is 428 g/mol. The van der Waals surface area contributed by atoms with Gasteiger partial charge in [0, 0.05) is 32.2 Å². The van der Waals surface area contributed by atoms with Crippen LogP contribution < -0.4 is 4.72 Å². The zero-order valence-corrected chi connectivity index (χ0v) is 18.2. The molecule has 0 amide bonds. The van der Waals surface area contributed by atoms with Crippen molar-refractivity contribution in [2.45, 2.75) is 54.9 Å². The van der Waals surface area contributed by atoms with Crippen molar-refractivity contribution < 1.29 is 16.8 Å². The second-order valence-electron chi connectivity index (χ2n) is 8.41. The Labute approximate surface area is 168 Å². The van der Waals surface area contributed by atoms with Crippen molar-refractivity contribution in [3.63, 3.8) is 0 Å². The number of benzene rings is 1. The van der Waals surface area contributed by atoms with E-state index in [0.717, 1.165) is 31.2 Å². The second kappa shape index (κ2) is 7.36. The van der Waals surface area contributed by atoms with E-state index in [1.165, 1.54) is 10.4 Å². The first kappa shape index (κ1) is 20.3. The Balaban J connectivity index is 1.69. The number of likely N-dealkylation sites (N-methyl/N-ethyl adjacent to an activating group) is 1. The van der Waals surface area contributed by atoms with Crippen molar-refractivity contribution in [2.75, 3.05) is 33.2 Å². The third-order valence-electron chi connectivity index (χ3n) is 6.44. The SMILES string of the molecule is Cc1cc2c(cc1S(=O)(=O)N1CCN(C)CC1)S(=O)(=O)N[C@@H](C1CCCC1)C2. The lowest BCUT2D eigenvalue weighted by Gasteiger charge is -2.33. The van der Waals surface area contributed by atoms with E-state index in [4.69, 9.17) is 0 Å². The molecule has 0 aromatic heterocycles. The molecule has 1 saturated carbocycles. The Morgan fingerprint density at radius 2 is 1.71 bits per heavy atom. The van der Waals surface area contributed by atoms with Gasteiger partial charge in [0.25, 0.3) is 0 Å². The number of sulfonamides is 2. The summed E-state index contributed by atoms with van der Waals surface area (Å²) < 4.78 is 56.5. The Bertz CT molecular complexity index is 961. The molecule has 0 bridgehead atoms. The molecule has 1 atom stereocenters. The fraction of sp³-hybridized carbons (Fsp3) is 0.684. The lowest BCUT2D eigenvalue weighted by atomic mass is 9.92. The van der Waals surface area contributed by atoms with Gasteiger partial charge in [-0.1, -0.05) is 18.9 Å². The molecule has 0 spiro atoms. The van der Waals surface area contributed by atoms with Crippen molar-refractivity contribution in [3.8, 4) is 0 Å². The average Bonchev–Trinajstić information content (AvgIpc) is 3.15. The first-order valence-electron chi connectivity index (χ1n) is 10.0. The maximum Gasteiger partial charge on any atom is 0.243 e. The number of hydrogen-bond donors (Lipinski definition) is 1. The maximum absolute atomic E-state index is 13.2. The zero-order valence-electron chi connectivity index (χ0n) is 16.5. The lowest BCUT2D eigenvalue weighted by molar-refractivity contribution is 0.222. The number of hydrogen-bond acceptors (Lipinski definition) is 5. The normalized spacial score (nSPS) is 27.0. The van der Waals surface area contributed by atoms with Crippen LogP contribution in [-0.4, -0.2) is 65.3 Å². The van der Waals surface area contributed by atoms with E-state index in [1.54, 1.807) is 13.0 Å². The summed E-state index contributed by atoms with van der Waals surface area (Å²) in [5.74, 6) is 0.372. The van der Waals surface area contributed by atoms with Gasteiger partial charge in [0.15, 0.2) is 0 Å². The van der Waals surface area contributed by atoms with Crippen LogP contribution in [0.15, 0.2) is 21.9 Å². The van der Waals surface area contributed by atoms with Gasteiger partial charge in [-0.3, -0.25) is 0 Å². The van der Waals surface area contributed by atoms with E-state index < -0.39 is 20.0 Å². The van der Waals surface area contributed by atoms with Crippen LogP contribution in [0.2, 0.25) is 0 Å². The number of aryl methyl sites for hydroxylation is 1. The van der Waals surface area contributed by atoms with Crippen molar-refractivity contribution >= 4 is 20.0 Å². The molecule has 1 N–H and O–H groups in total. The van der Waals surface area contributed by atoms with Crippen LogP contribution >= 0.6 is 0 Å². The van der Waals surface area contributed by atoms with Crippen molar-refractivity contribution in [2.24, 2.45) is 5.92 Å². The molecule has 1 aromatic rings. The Hall–Kier alpha value is -1.00. The van der Waals surface area contributed by atoms with Crippen LogP contribution in [0.4, 0.5) is 0 Å². The van der Waals surface area contributed by atoms with Crippen molar-refractivity contribution in [3.05, 3.63) is 23.3 Å². The molecular formula is C19H29N3O4S2. The molecule has 0 unspecified atom stereocenters. The molecule has 156 valence electrons. The van der Waals surface area contributed by atoms with Gasteiger partial charge in [-0.2, -0.15) is 4.31 Å². The van der Waals surface area contributed by atoms with Gasteiger partial charge < -0.3 is 4.90 Å². The fourth-order valence-corrected chi connectivity index (χ4v) is 8.04. The van der Waals surface area contributed by atoms with E-state index in [0.29, 0.717) is 44.1 Å². The Morgan fingerprint density at radius 1 is 1.07 bits per heavy atom. The third-order valence-corrected chi connectivity index (χ3v) is 10.1. The van der Waals surface area contributed by atoms with Gasteiger partial charge in [-0.15, -0.1) is 0 Å². The monoisotopic (exact) mass is 427 g/mol. The van der Waals surface area contributed by atoms with Crippen LogP contribution in [0.5, 0.6) is 0 Å². The summed E-state index contributed by atoms with van der Waals surface area (Å²) in [6, 6.07) is 3.07. The molecule has 7 nitrogen and oxygen atoms in total. The van der Waals surface area contributed by atoms with Crippen LogP contribution in [-0.2, 0) is 26.5 Å². The minimum absolute atomic E-state index is 0.0838. The van der Waals surface area contributed by atoms with Gasteiger partial charge in [-0.25, -0.2) is 21.6 Å². The van der Waals surface area contributed by atoms with Crippen LogP contribution in [0, 0.1) is 12.8 Å². The number of piperazine rings is 1. The number of fused-ring (bicyclic) bond motifs is 1. The molecule has 1 aromatic carbocycles. The third kappa shape index (κ3) is 3.63. The standard InChI is InChI=1S/C19H29N3O4S2/c1-14-11-16-12-17(15-5-3-4-6-15)20-27(23,24)19(16)13-18(14)28(25,26)22-9-7-21(2)8-10-22/h11,13,15,17,20H,3-10,12H2,1-2H3/t17-/m1/s1. The predicted molar refractivity (Wildman–Crippen MR) is 107 cm³/mol. The summed E-state index contributed by atoms with van der Waals surface area (Å²) in [7, 11) is -5.46. The second-order valence-corrected chi connectivity index (χ2v) is 12.0. The van der Waals surface area contributed by atoms with E-state index in [2.05, 4.69) is 9.62 Å². The minimum Gasteiger partial charge on any atom is -0.304 e. The highest BCUT2D eigenvalue weighted by Gasteiger charge is 2.37. The summed E-state index contributed by atoms with van der Waals surface area (Å²) in [4.78, 5) is 2.32. The van der Waals surface area contributed by atoms with Crippen molar-refractivity contribution in [1.29, 1.82) is 0 Å². The Morgan fingerprint density at radius 3 is 2.36 bits per heavy atom. The van der Waals surface area contributed by atoms with E-state index in [9.17, 15) is 16.8 Å². The van der Waals surface area contributed by atoms with E-state index in [-0.39, 0.29) is 15.8 Å². The molecule has 4 rings (SSSR count). The highest BCUT2D eigenvalue weighted by atomic mass is 32.2. The Kier molecular flexibility index (Phi) is 5.33. The highest BCUT2D eigenvalue weighted by Crippen LogP contribution is 2.36. The van der Waals surface area contributed by atoms with E-state index in [1.807, 2.05) is 7.05 Å². The van der Waals surface area contributed by atoms with Gasteiger partial charge in [-0.05, 0) is 56.3 Å². The summed E-state index contributed by atoms with van der Waals surface area (Å²) in [6.07, 6.45) is 5.04. The molecular weight excluding hydrogens is 398 g/mol. The lowest BCUT2D eigenvalue weighted by Crippen LogP contribution is -2.47. The molecule has 3 aliphatic rings. The van der Waals surface area contributed by atoms with Crippen LogP contribution in [0.3, 0.4) is 0 Å². The molecule has 9 heteroatoms. The molecule has 1 aliphatic carbocycles. The van der Waals surface area contributed by atoms with Crippen LogP contribution in [0.1, 0.15) is 36.8 Å². The molecule has 2 fully saturated rings. The molecule has 2 aliphatic heterocycles. The summed E-state index contributed by atoms with van der Waals surface area (Å²) in [5.41, 5.74) is 1.37. The van der Waals surface area contributed by atoms with Gasteiger partial charge in [0.2, 0.25) is 20.0 Å². The first-order valence-corrected chi connectivity index (χ1v) is 13.0. The van der Waals surface area contributed by atoms with Gasteiger partial charge in [0.1, 0.15) is 0 Å². The topological polar surface area (TPSA) is 86.8 Å². The number of nitrogens with one attached hydrogen (secondary N) is 1. The highest BCUT2D eigenvalue weighted by molar-refractivity contribution is 7.90.